The number of likely N-dealkylation sites (tertiary alicyclic amines) is 1. The van der Waals surface area contributed by atoms with Crippen molar-refractivity contribution in [2.45, 2.75) is 32.2 Å². The highest BCUT2D eigenvalue weighted by Crippen LogP contribution is 2.25. The number of urea groups is 1. The second-order valence-electron chi connectivity index (χ2n) is 4.32. The minimum atomic E-state index is -0.920. The third-order valence-electron chi connectivity index (χ3n) is 3.23. The number of carbonyl (C=O) groups is 2. The number of piperidine rings is 1. The normalized spacial score (nSPS) is 24.2. The first-order valence-corrected chi connectivity index (χ1v) is 5.98. The van der Waals surface area contributed by atoms with Crippen LogP contribution in [-0.4, -0.2) is 41.1 Å². The molecule has 1 fully saturated rings. The molecule has 1 rings (SSSR count). The molecule has 5 nitrogen and oxygen atoms in total. The lowest BCUT2D eigenvalue weighted by molar-refractivity contribution is -0.144. The summed E-state index contributed by atoms with van der Waals surface area (Å²) < 4.78 is 0. The lowest BCUT2D eigenvalue weighted by Gasteiger charge is -2.36. The van der Waals surface area contributed by atoms with Crippen molar-refractivity contribution in [1.29, 1.82) is 0 Å². The molecule has 5 heteroatoms. The fourth-order valence-corrected chi connectivity index (χ4v) is 2.15. The van der Waals surface area contributed by atoms with Crippen molar-refractivity contribution in [3.8, 4) is 0 Å². The molecule has 0 aliphatic carbocycles. The Balaban J connectivity index is 2.66. The maximum absolute atomic E-state index is 11.8. The number of hydrogen-bond donors (Lipinski definition) is 2. The molecule has 1 heterocycles. The fourth-order valence-electron chi connectivity index (χ4n) is 2.15. The van der Waals surface area contributed by atoms with Gasteiger partial charge in [-0.1, -0.05) is 19.4 Å². The van der Waals surface area contributed by atoms with Crippen LogP contribution in [0.15, 0.2) is 12.7 Å². The van der Waals surface area contributed by atoms with E-state index in [4.69, 9.17) is 5.11 Å². The van der Waals surface area contributed by atoms with E-state index in [0.717, 1.165) is 12.8 Å². The van der Waals surface area contributed by atoms with Gasteiger partial charge in [-0.3, -0.25) is 0 Å². The molecule has 0 spiro atoms. The molecule has 1 aliphatic heterocycles. The highest BCUT2D eigenvalue weighted by Gasteiger charge is 2.35. The number of carboxylic acid groups (broad SMARTS) is 1. The second-order valence-corrected chi connectivity index (χ2v) is 4.32. The van der Waals surface area contributed by atoms with Crippen LogP contribution in [0.3, 0.4) is 0 Å². The standard InChI is InChI=1S/C12H20N2O3/c1-3-6-13-12(17)14-7-5-9(4-2)8-10(14)11(15)16/h3,9-10H,1,4-8H2,2H3,(H,13,17)(H,15,16). The van der Waals surface area contributed by atoms with Gasteiger partial charge < -0.3 is 15.3 Å². The number of aliphatic carboxylic acids is 1. The van der Waals surface area contributed by atoms with E-state index >= 15 is 0 Å². The molecule has 1 aliphatic rings. The lowest BCUT2D eigenvalue weighted by Crippen LogP contribution is -2.53. The summed E-state index contributed by atoms with van der Waals surface area (Å²) in [6.07, 6.45) is 3.97. The van der Waals surface area contributed by atoms with Crippen molar-refractivity contribution in [1.82, 2.24) is 10.2 Å². The predicted molar refractivity (Wildman–Crippen MR) is 64.7 cm³/mol. The summed E-state index contributed by atoms with van der Waals surface area (Å²) >= 11 is 0. The summed E-state index contributed by atoms with van der Waals surface area (Å²) in [6, 6.07) is -1.01. The number of hydrogen-bond acceptors (Lipinski definition) is 2. The van der Waals surface area contributed by atoms with Gasteiger partial charge in [0.15, 0.2) is 0 Å². The summed E-state index contributed by atoms with van der Waals surface area (Å²) in [5.74, 6) is -0.517. The van der Waals surface area contributed by atoms with Crippen LogP contribution in [0.5, 0.6) is 0 Å². The Morgan fingerprint density at radius 3 is 2.82 bits per heavy atom. The van der Waals surface area contributed by atoms with E-state index in [-0.39, 0.29) is 6.03 Å². The molecule has 0 aromatic heterocycles. The Morgan fingerprint density at radius 1 is 1.59 bits per heavy atom. The molecule has 0 saturated carbocycles. The predicted octanol–water partition coefficient (Wildman–Crippen LogP) is 1.46. The fraction of sp³-hybridized carbons (Fsp3) is 0.667. The minimum absolute atomic E-state index is 0.313. The zero-order valence-corrected chi connectivity index (χ0v) is 10.2. The van der Waals surface area contributed by atoms with Gasteiger partial charge in [0.1, 0.15) is 6.04 Å². The number of amides is 2. The third-order valence-corrected chi connectivity index (χ3v) is 3.23. The van der Waals surface area contributed by atoms with E-state index in [1.807, 2.05) is 0 Å². The monoisotopic (exact) mass is 240 g/mol. The average Bonchev–Trinajstić information content (AvgIpc) is 2.35. The van der Waals surface area contributed by atoms with Gasteiger partial charge in [-0.05, 0) is 18.8 Å². The molecule has 1 saturated heterocycles. The SMILES string of the molecule is C=CCNC(=O)N1CCC(CC)CC1C(=O)O. The molecule has 0 aromatic rings. The molecule has 96 valence electrons. The van der Waals surface area contributed by atoms with E-state index in [9.17, 15) is 9.59 Å². The van der Waals surface area contributed by atoms with Gasteiger partial charge in [0.05, 0.1) is 0 Å². The zero-order chi connectivity index (χ0) is 12.8. The van der Waals surface area contributed by atoms with Crippen molar-refractivity contribution >= 4 is 12.0 Å². The summed E-state index contributed by atoms with van der Waals surface area (Å²) in [4.78, 5) is 24.3. The Kier molecular flexibility index (Phi) is 5.00. The number of carbonyl (C=O) groups excluding carboxylic acids is 1. The van der Waals surface area contributed by atoms with Crippen molar-refractivity contribution < 1.29 is 14.7 Å². The van der Waals surface area contributed by atoms with Crippen LogP contribution < -0.4 is 5.32 Å². The number of nitrogens with zero attached hydrogens (tertiary/aromatic N) is 1. The van der Waals surface area contributed by atoms with Gasteiger partial charge in [-0.2, -0.15) is 0 Å². The zero-order valence-electron chi connectivity index (χ0n) is 10.2. The van der Waals surface area contributed by atoms with Crippen molar-refractivity contribution in [2.75, 3.05) is 13.1 Å². The molecular formula is C12H20N2O3. The highest BCUT2D eigenvalue weighted by molar-refractivity contribution is 5.83. The van der Waals surface area contributed by atoms with E-state index in [2.05, 4.69) is 18.8 Å². The van der Waals surface area contributed by atoms with Gasteiger partial charge >= 0.3 is 12.0 Å². The van der Waals surface area contributed by atoms with E-state index < -0.39 is 12.0 Å². The molecule has 2 N–H and O–H groups in total. The van der Waals surface area contributed by atoms with Gasteiger partial charge in [-0.15, -0.1) is 6.58 Å². The quantitative estimate of drug-likeness (QED) is 0.731. The van der Waals surface area contributed by atoms with Gasteiger partial charge in [0.2, 0.25) is 0 Å². The summed E-state index contributed by atoms with van der Waals surface area (Å²) in [6.45, 7) is 6.43. The Labute approximate surface area is 101 Å². The largest absolute Gasteiger partial charge is 0.480 e. The van der Waals surface area contributed by atoms with E-state index in [0.29, 0.717) is 25.4 Å². The first kappa shape index (κ1) is 13.5. The van der Waals surface area contributed by atoms with Crippen LogP contribution >= 0.6 is 0 Å². The number of rotatable bonds is 4. The van der Waals surface area contributed by atoms with Crippen LogP contribution in [-0.2, 0) is 4.79 Å². The van der Waals surface area contributed by atoms with Crippen molar-refractivity contribution in [3.05, 3.63) is 12.7 Å². The van der Waals surface area contributed by atoms with Gasteiger partial charge in [0.25, 0.3) is 0 Å². The first-order valence-electron chi connectivity index (χ1n) is 5.98. The van der Waals surface area contributed by atoms with Crippen LogP contribution in [0.2, 0.25) is 0 Å². The molecule has 0 radical (unpaired) electrons. The van der Waals surface area contributed by atoms with Crippen molar-refractivity contribution in [3.63, 3.8) is 0 Å². The second kappa shape index (κ2) is 6.27. The smallest absolute Gasteiger partial charge is 0.326 e. The Hall–Kier alpha value is -1.52. The summed E-state index contributed by atoms with van der Waals surface area (Å²) in [5, 5.41) is 11.8. The van der Waals surface area contributed by atoms with Crippen LogP contribution in [0, 0.1) is 5.92 Å². The summed E-state index contributed by atoms with van der Waals surface area (Å²) in [5.41, 5.74) is 0. The Bertz CT molecular complexity index is 304. The molecular weight excluding hydrogens is 220 g/mol. The van der Waals surface area contributed by atoms with Crippen LogP contribution in [0.4, 0.5) is 4.79 Å². The topological polar surface area (TPSA) is 69.6 Å². The summed E-state index contributed by atoms with van der Waals surface area (Å²) in [7, 11) is 0. The van der Waals surface area contributed by atoms with Crippen molar-refractivity contribution in [2.24, 2.45) is 5.92 Å². The number of carboxylic acids is 1. The molecule has 0 aromatic carbocycles. The van der Waals surface area contributed by atoms with E-state index in [1.54, 1.807) is 6.08 Å². The van der Waals surface area contributed by atoms with Gasteiger partial charge in [-0.25, -0.2) is 9.59 Å². The molecule has 2 atom stereocenters. The Morgan fingerprint density at radius 2 is 2.29 bits per heavy atom. The maximum atomic E-state index is 11.8. The highest BCUT2D eigenvalue weighted by atomic mass is 16.4. The molecule has 2 amide bonds. The molecule has 2 unspecified atom stereocenters. The molecule has 0 bridgehead atoms. The third kappa shape index (κ3) is 3.47. The lowest BCUT2D eigenvalue weighted by atomic mass is 9.89. The van der Waals surface area contributed by atoms with Crippen LogP contribution in [0.25, 0.3) is 0 Å². The molecule has 17 heavy (non-hydrogen) atoms. The van der Waals surface area contributed by atoms with E-state index in [1.165, 1.54) is 4.90 Å². The number of nitrogens with one attached hydrogen (secondary N) is 1. The van der Waals surface area contributed by atoms with Crippen LogP contribution in [0.1, 0.15) is 26.2 Å². The van der Waals surface area contributed by atoms with Gasteiger partial charge in [0, 0.05) is 13.1 Å². The average molecular weight is 240 g/mol. The first-order chi connectivity index (χ1) is 8.10. The maximum Gasteiger partial charge on any atom is 0.326 e. The minimum Gasteiger partial charge on any atom is -0.480 e.